The first-order valence-corrected chi connectivity index (χ1v) is 20.1. The molecule has 0 saturated heterocycles. The fraction of sp³-hybridized carbons (Fsp3) is 0.0357. The molecule has 0 fully saturated rings. The molecule has 0 amide bonds. The summed E-state index contributed by atoms with van der Waals surface area (Å²) in [6.45, 7) is 0. The average molecular weight is 739 g/mol. The number of aromatic nitrogens is 1. The average Bonchev–Trinajstić information content (AvgIpc) is 3.57. The Kier molecular flexibility index (Phi) is 7.09. The monoisotopic (exact) mass is 738 g/mol. The summed E-state index contributed by atoms with van der Waals surface area (Å²) in [7, 11) is 4.46. The molecule has 0 N–H and O–H groups in total. The van der Waals surface area contributed by atoms with Crippen LogP contribution in [0.1, 0.15) is 0 Å². The van der Waals surface area contributed by atoms with Crippen LogP contribution in [0.3, 0.4) is 0 Å². The van der Waals surface area contributed by atoms with E-state index in [1.54, 1.807) is 0 Å². The molecule has 2 nitrogen and oxygen atoms in total. The Morgan fingerprint density at radius 1 is 0.293 bits per heavy atom. The van der Waals surface area contributed by atoms with Crippen LogP contribution >= 0.6 is 0 Å². The van der Waals surface area contributed by atoms with Gasteiger partial charge in [0.1, 0.15) is 0 Å². The van der Waals surface area contributed by atoms with Crippen LogP contribution in [0.4, 0.5) is 11.4 Å². The summed E-state index contributed by atoms with van der Waals surface area (Å²) >= 11 is 0. The third-order valence-corrected chi connectivity index (χ3v) is 12.7. The molecule has 2 heterocycles. The van der Waals surface area contributed by atoms with Crippen molar-refractivity contribution < 1.29 is 0 Å². The van der Waals surface area contributed by atoms with Gasteiger partial charge in [0.2, 0.25) is 0 Å². The highest BCUT2D eigenvalue weighted by molar-refractivity contribution is 6.28. The highest BCUT2D eigenvalue weighted by atomic mass is 15.1. The Morgan fingerprint density at radius 3 is 1.40 bits per heavy atom. The molecule has 0 spiro atoms. The van der Waals surface area contributed by atoms with Crippen molar-refractivity contribution in [2.45, 2.75) is 0 Å². The number of nitrogens with zero attached hydrogens (tertiary/aromatic N) is 2. The van der Waals surface area contributed by atoms with Crippen LogP contribution in [0.15, 0.2) is 194 Å². The van der Waals surface area contributed by atoms with Gasteiger partial charge in [-0.3, -0.25) is 0 Å². The molecule has 0 radical (unpaired) electrons. The van der Waals surface area contributed by atoms with Crippen LogP contribution in [0.25, 0.3) is 110 Å². The highest BCUT2D eigenvalue weighted by Crippen LogP contribution is 2.52. The molecule has 11 aromatic rings. The fourth-order valence-electron chi connectivity index (χ4n) is 9.81. The maximum atomic E-state index is 2.45. The molecule has 0 unspecified atom stereocenters. The van der Waals surface area contributed by atoms with Crippen molar-refractivity contribution in [1.82, 2.24) is 4.57 Å². The summed E-state index contributed by atoms with van der Waals surface area (Å²) in [6.07, 6.45) is 0. The zero-order valence-electron chi connectivity index (χ0n) is 32.4. The van der Waals surface area contributed by atoms with Gasteiger partial charge in [-0.25, -0.2) is 0 Å². The molecule has 10 aromatic carbocycles. The molecule has 1 aliphatic heterocycles. The summed E-state index contributed by atoms with van der Waals surface area (Å²) in [5.74, 6) is 0. The highest BCUT2D eigenvalue weighted by Gasteiger charge is 2.26. The van der Waals surface area contributed by atoms with E-state index in [0.717, 1.165) is 0 Å². The van der Waals surface area contributed by atoms with Crippen LogP contribution in [-0.4, -0.2) is 11.6 Å². The lowest BCUT2D eigenvalue weighted by molar-refractivity contribution is 1.01. The van der Waals surface area contributed by atoms with E-state index in [1.165, 1.54) is 121 Å². The molecule has 0 atom stereocenters. The summed E-state index contributed by atoms with van der Waals surface area (Å²) < 4.78 is 2.41. The summed E-state index contributed by atoms with van der Waals surface area (Å²) in [4.78, 5) is 2.40. The minimum atomic E-state index is 1.22. The standard InChI is InChI=1S/C56H38N2/c1-57-51-23-13-22-45-55-44-27-25-42(49-31-40-21-12-10-19-38(40)29-47(49)36-16-7-4-8-17-36)33-53(44)58(2)54(55)34-50(56(45)51)43-26-24-41(32-52(43)57)48-30-39-20-11-9-18-37(39)28-46(48)35-14-5-3-6-15-35/h3-34H,1-2H3. The number of benzene rings is 10. The van der Waals surface area contributed by atoms with Gasteiger partial charge in [0.25, 0.3) is 0 Å². The molecule has 272 valence electrons. The zero-order valence-corrected chi connectivity index (χ0v) is 32.4. The van der Waals surface area contributed by atoms with Gasteiger partial charge in [-0.15, -0.1) is 0 Å². The molecular weight excluding hydrogens is 701 g/mol. The lowest BCUT2D eigenvalue weighted by Gasteiger charge is -2.31. The van der Waals surface area contributed by atoms with Crippen molar-refractivity contribution in [3.8, 4) is 55.6 Å². The van der Waals surface area contributed by atoms with Crippen LogP contribution in [0.2, 0.25) is 0 Å². The number of fused-ring (bicyclic) bond motifs is 8. The fourth-order valence-corrected chi connectivity index (χ4v) is 9.81. The molecule has 0 saturated carbocycles. The first-order valence-electron chi connectivity index (χ1n) is 20.1. The quantitative estimate of drug-likeness (QED) is 0.175. The molecule has 12 rings (SSSR count). The molecule has 0 aliphatic carbocycles. The zero-order chi connectivity index (χ0) is 38.5. The van der Waals surface area contributed by atoms with Gasteiger partial charge in [-0.05, 0) is 126 Å². The minimum absolute atomic E-state index is 1.22. The molecule has 1 aromatic heterocycles. The van der Waals surface area contributed by atoms with E-state index in [0.29, 0.717) is 0 Å². The molecule has 2 heteroatoms. The van der Waals surface area contributed by atoms with Crippen LogP contribution in [0, 0.1) is 0 Å². The van der Waals surface area contributed by atoms with Crippen molar-refractivity contribution >= 4 is 65.5 Å². The number of hydrogen-bond donors (Lipinski definition) is 0. The topological polar surface area (TPSA) is 8.17 Å². The Bertz CT molecular complexity index is 3470. The minimum Gasteiger partial charge on any atom is -0.344 e. The Morgan fingerprint density at radius 2 is 0.810 bits per heavy atom. The van der Waals surface area contributed by atoms with Gasteiger partial charge in [-0.1, -0.05) is 146 Å². The van der Waals surface area contributed by atoms with Gasteiger partial charge < -0.3 is 9.47 Å². The maximum absolute atomic E-state index is 2.45. The Hall–Kier alpha value is -7.42. The van der Waals surface area contributed by atoms with E-state index in [2.05, 4.69) is 218 Å². The number of anilines is 2. The lowest BCUT2D eigenvalue weighted by Crippen LogP contribution is -2.15. The van der Waals surface area contributed by atoms with E-state index in [1.807, 2.05) is 0 Å². The Balaban J connectivity index is 1.06. The van der Waals surface area contributed by atoms with Crippen molar-refractivity contribution in [2.24, 2.45) is 7.05 Å². The largest absolute Gasteiger partial charge is 0.344 e. The normalized spacial score (nSPS) is 12.3. The molecule has 0 bridgehead atoms. The van der Waals surface area contributed by atoms with E-state index in [4.69, 9.17) is 0 Å². The van der Waals surface area contributed by atoms with Crippen molar-refractivity contribution in [3.63, 3.8) is 0 Å². The van der Waals surface area contributed by atoms with E-state index < -0.39 is 0 Å². The summed E-state index contributed by atoms with van der Waals surface area (Å²) in [6, 6.07) is 71.9. The first-order chi connectivity index (χ1) is 28.6. The second kappa shape index (κ2) is 12.5. The second-order valence-electron chi connectivity index (χ2n) is 15.8. The Labute approximate surface area is 337 Å². The van der Waals surface area contributed by atoms with Crippen LogP contribution < -0.4 is 4.90 Å². The number of aryl methyl sites for hydroxylation is 1. The van der Waals surface area contributed by atoms with E-state index in [-0.39, 0.29) is 0 Å². The van der Waals surface area contributed by atoms with Gasteiger partial charge in [0, 0.05) is 52.7 Å². The predicted molar refractivity (Wildman–Crippen MR) is 248 cm³/mol. The lowest BCUT2D eigenvalue weighted by atomic mass is 9.86. The second-order valence-corrected chi connectivity index (χ2v) is 15.8. The third kappa shape index (κ3) is 4.85. The number of hydrogen-bond acceptors (Lipinski definition) is 1. The summed E-state index contributed by atoms with van der Waals surface area (Å²) in [5.41, 5.74) is 17.3. The van der Waals surface area contributed by atoms with Crippen molar-refractivity contribution in [2.75, 3.05) is 11.9 Å². The smallest absolute Gasteiger partial charge is 0.0501 e. The van der Waals surface area contributed by atoms with Crippen LogP contribution in [0.5, 0.6) is 0 Å². The predicted octanol–water partition coefficient (Wildman–Crippen LogP) is 15.2. The van der Waals surface area contributed by atoms with Crippen molar-refractivity contribution in [1.29, 1.82) is 0 Å². The van der Waals surface area contributed by atoms with E-state index in [9.17, 15) is 0 Å². The SMILES string of the molecule is CN1c2cc(-c3cc4ccccc4cc3-c3ccccc3)ccc2-c2cc3c(c4cccc1c24)c1ccc(-c2cc4ccccc4cc2-c2ccccc2)cc1n3C. The first kappa shape index (κ1) is 32.8. The number of rotatable bonds is 4. The van der Waals surface area contributed by atoms with Crippen molar-refractivity contribution in [3.05, 3.63) is 194 Å². The molecule has 58 heavy (non-hydrogen) atoms. The molecule has 1 aliphatic rings. The third-order valence-electron chi connectivity index (χ3n) is 12.7. The van der Waals surface area contributed by atoms with Gasteiger partial charge in [-0.2, -0.15) is 0 Å². The van der Waals surface area contributed by atoms with Gasteiger partial charge in [0.15, 0.2) is 0 Å². The van der Waals surface area contributed by atoms with Gasteiger partial charge in [0.05, 0.1) is 5.52 Å². The van der Waals surface area contributed by atoms with E-state index >= 15 is 0 Å². The van der Waals surface area contributed by atoms with Gasteiger partial charge >= 0.3 is 0 Å². The summed E-state index contributed by atoms with van der Waals surface area (Å²) in [5, 5.41) is 10.2. The van der Waals surface area contributed by atoms with Crippen LogP contribution in [-0.2, 0) is 7.05 Å². The maximum Gasteiger partial charge on any atom is 0.0501 e. The molecular formula is C56H38N2.